The molecule has 3 N–H and O–H groups in total. The van der Waals surface area contributed by atoms with Gasteiger partial charge in [-0.3, -0.25) is 10.1 Å². The Balaban J connectivity index is 1.24. The number of nitrogens with one attached hydrogen (secondary N) is 2. The number of rotatable bonds is 11. The molecule has 2 aromatic heterocycles. The SMILES string of the molecule is O=C(O)Nc1ccc(-c2cc([C@H](CC3CCN(CC4CC4)C3)NC(=O)C=Cc3cc(Cl)ccc3-n3cnnn3)nnc2Cl)cc1. The monoisotopic (exact) mass is 647 g/mol. The molecule has 1 unspecified atom stereocenters. The van der Waals surface area contributed by atoms with Crippen LogP contribution in [0.15, 0.2) is 60.9 Å². The van der Waals surface area contributed by atoms with Crippen molar-refractivity contribution in [3.63, 3.8) is 0 Å². The summed E-state index contributed by atoms with van der Waals surface area (Å²) < 4.78 is 1.50. The molecule has 2 fully saturated rings. The number of aromatic nitrogens is 6. The topological polar surface area (TPSA) is 151 Å². The zero-order chi connectivity index (χ0) is 31.3. The van der Waals surface area contributed by atoms with Crippen LogP contribution in [0.5, 0.6) is 0 Å². The van der Waals surface area contributed by atoms with Crippen LogP contribution in [0.3, 0.4) is 0 Å². The van der Waals surface area contributed by atoms with E-state index in [0.29, 0.717) is 45.6 Å². The summed E-state index contributed by atoms with van der Waals surface area (Å²) in [4.78, 5) is 26.9. The number of hydrogen-bond donors (Lipinski definition) is 3. The summed E-state index contributed by atoms with van der Waals surface area (Å²) in [5, 5.41) is 35.2. The van der Waals surface area contributed by atoms with Gasteiger partial charge in [-0.1, -0.05) is 35.3 Å². The van der Waals surface area contributed by atoms with Crippen LogP contribution in [-0.4, -0.2) is 72.0 Å². The lowest BCUT2D eigenvalue weighted by atomic mass is 9.95. The number of tetrazole rings is 1. The standard InChI is InChI=1S/C31H31Cl2N9O3/c32-23-6-9-28(42-18-34-39-40-42)22(14-23)5-10-29(43)36-26(13-20-11-12-41(17-20)16-19-1-2-19)27-15-25(30(33)38-37-27)21-3-7-24(8-4-21)35-31(44)45/h3-10,14-15,18-20,26,35H,1-2,11-13,16-17H2,(H,36,43)(H,44,45)/t20?,26-/m0/s1. The van der Waals surface area contributed by atoms with Crippen LogP contribution in [0, 0.1) is 11.8 Å². The van der Waals surface area contributed by atoms with Gasteiger partial charge in [-0.25, -0.2) is 4.79 Å². The molecule has 0 spiro atoms. The van der Waals surface area contributed by atoms with Crippen LogP contribution in [0.2, 0.25) is 10.2 Å². The predicted molar refractivity (Wildman–Crippen MR) is 170 cm³/mol. The van der Waals surface area contributed by atoms with Gasteiger partial charge in [-0.05, 0) is 103 Å². The van der Waals surface area contributed by atoms with Gasteiger partial charge in [0.15, 0.2) is 5.15 Å². The first-order valence-electron chi connectivity index (χ1n) is 14.7. The average Bonchev–Trinajstić information content (AvgIpc) is 3.45. The zero-order valence-electron chi connectivity index (χ0n) is 24.2. The molecule has 1 saturated carbocycles. The lowest BCUT2D eigenvalue weighted by molar-refractivity contribution is -0.117. The van der Waals surface area contributed by atoms with E-state index in [2.05, 4.69) is 41.3 Å². The lowest BCUT2D eigenvalue weighted by Crippen LogP contribution is -2.30. The molecule has 3 heterocycles. The van der Waals surface area contributed by atoms with Gasteiger partial charge in [-0.15, -0.1) is 10.2 Å². The fraction of sp³-hybridized carbons (Fsp3) is 0.323. The van der Waals surface area contributed by atoms with Crippen molar-refractivity contribution in [1.82, 2.24) is 40.6 Å². The van der Waals surface area contributed by atoms with E-state index >= 15 is 0 Å². The molecule has 2 aliphatic rings. The second-order valence-corrected chi connectivity index (χ2v) is 12.2. The molecule has 14 heteroatoms. The lowest BCUT2D eigenvalue weighted by Gasteiger charge is -2.22. The Labute approximate surface area is 269 Å². The van der Waals surface area contributed by atoms with Gasteiger partial charge >= 0.3 is 6.09 Å². The normalized spacial score (nSPS) is 17.4. The maximum absolute atomic E-state index is 13.4. The van der Waals surface area contributed by atoms with Crippen molar-refractivity contribution in [2.45, 2.75) is 31.7 Å². The molecule has 1 aliphatic heterocycles. The summed E-state index contributed by atoms with van der Waals surface area (Å²) in [6.07, 6.45) is 7.80. The first-order valence-corrected chi connectivity index (χ1v) is 15.4. The number of anilines is 1. The molecule has 12 nitrogen and oxygen atoms in total. The fourth-order valence-electron chi connectivity index (χ4n) is 5.67. The number of halogens is 2. The van der Waals surface area contributed by atoms with E-state index in [1.165, 1.54) is 29.9 Å². The molecule has 232 valence electrons. The van der Waals surface area contributed by atoms with Crippen molar-refractivity contribution in [3.05, 3.63) is 82.4 Å². The molecule has 0 radical (unpaired) electrons. The number of hydrogen-bond acceptors (Lipinski definition) is 8. The second-order valence-electron chi connectivity index (χ2n) is 11.4. The highest BCUT2D eigenvalue weighted by molar-refractivity contribution is 6.32. The van der Waals surface area contributed by atoms with Crippen molar-refractivity contribution in [3.8, 4) is 16.8 Å². The molecule has 0 bridgehead atoms. The van der Waals surface area contributed by atoms with Gasteiger partial charge in [-0.2, -0.15) is 9.78 Å². The third-order valence-electron chi connectivity index (χ3n) is 8.04. The Morgan fingerprint density at radius 1 is 1.04 bits per heavy atom. The zero-order valence-corrected chi connectivity index (χ0v) is 25.7. The highest BCUT2D eigenvalue weighted by Gasteiger charge is 2.31. The van der Waals surface area contributed by atoms with Crippen LogP contribution in [0.1, 0.15) is 43.0 Å². The van der Waals surface area contributed by atoms with Crippen molar-refractivity contribution in [2.75, 3.05) is 25.0 Å². The first-order chi connectivity index (χ1) is 21.8. The van der Waals surface area contributed by atoms with Gasteiger partial charge in [0.25, 0.3) is 0 Å². The number of nitrogens with zero attached hydrogens (tertiary/aromatic N) is 7. The van der Waals surface area contributed by atoms with E-state index in [1.54, 1.807) is 48.5 Å². The molecule has 2 aromatic carbocycles. The van der Waals surface area contributed by atoms with Gasteiger partial charge in [0.2, 0.25) is 5.91 Å². The number of likely N-dealkylation sites (tertiary alicyclic amines) is 1. The third-order valence-corrected chi connectivity index (χ3v) is 8.55. The van der Waals surface area contributed by atoms with Gasteiger partial charge < -0.3 is 15.3 Å². The fourth-order valence-corrected chi connectivity index (χ4v) is 6.05. The molecule has 6 rings (SSSR count). The number of carbonyl (C=O) groups is 2. The quantitative estimate of drug-likeness (QED) is 0.179. The minimum absolute atomic E-state index is 0.204. The van der Waals surface area contributed by atoms with E-state index in [1.807, 2.05) is 6.07 Å². The number of amides is 2. The highest BCUT2D eigenvalue weighted by Crippen LogP contribution is 2.35. The molecule has 1 aliphatic carbocycles. The van der Waals surface area contributed by atoms with Crippen LogP contribution in [-0.2, 0) is 4.79 Å². The molecular formula is C31H31Cl2N9O3. The number of carbonyl (C=O) groups excluding carboxylic acids is 1. The van der Waals surface area contributed by atoms with Crippen molar-refractivity contribution < 1.29 is 14.7 Å². The third kappa shape index (κ3) is 8.01. The van der Waals surface area contributed by atoms with Gasteiger partial charge in [0, 0.05) is 41.0 Å². The smallest absolute Gasteiger partial charge is 0.409 e. The van der Waals surface area contributed by atoms with E-state index < -0.39 is 12.1 Å². The summed E-state index contributed by atoms with van der Waals surface area (Å²) in [6, 6.07) is 13.5. The van der Waals surface area contributed by atoms with Crippen molar-refractivity contribution in [2.24, 2.45) is 11.8 Å². The molecule has 4 aromatic rings. The van der Waals surface area contributed by atoms with Crippen LogP contribution >= 0.6 is 23.2 Å². The summed E-state index contributed by atoms with van der Waals surface area (Å²) in [6.45, 7) is 3.16. The van der Waals surface area contributed by atoms with E-state index in [9.17, 15) is 9.59 Å². The van der Waals surface area contributed by atoms with Crippen molar-refractivity contribution in [1.29, 1.82) is 0 Å². The summed E-state index contributed by atoms with van der Waals surface area (Å²) in [7, 11) is 0. The second kappa shape index (κ2) is 13.7. The molecule has 45 heavy (non-hydrogen) atoms. The first kappa shape index (κ1) is 30.6. The Hall–Kier alpha value is -4.39. The van der Waals surface area contributed by atoms with E-state index in [4.69, 9.17) is 28.3 Å². The minimum Gasteiger partial charge on any atom is -0.465 e. The summed E-state index contributed by atoms with van der Waals surface area (Å²) >= 11 is 12.7. The Bertz CT molecular complexity index is 1700. The highest BCUT2D eigenvalue weighted by atomic mass is 35.5. The van der Waals surface area contributed by atoms with Crippen LogP contribution in [0.4, 0.5) is 10.5 Å². The maximum Gasteiger partial charge on any atom is 0.409 e. The molecule has 2 amide bonds. The number of benzene rings is 2. The maximum atomic E-state index is 13.4. The summed E-state index contributed by atoms with van der Waals surface area (Å²) in [5.41, 5.74) is 3.73. The Kier molecular flexibility index (Phi) is 9.34. The van der Waals surface area contributed by atoms with Crippen LogP contribution < -0.4 is 10.6 Å². The Morgan fingerprint density at radius 3 is 2.60 bits per heavy atom. The molecule has 2 atom stereocenters. The average molecular weight is 649 g/mol. The van der Waals surface area contributed by atoms with E-state index in [0.717, 1.165) is 37.5 Å². The predicted octanol–water partition coefficient (Wildman–Crippen LogP) is 5.51. The van der Waals surface area contributed by atoms with Crippen molar-refractivity contribution >= 4 is 47.0 Å². The molecular weight excluding hydrogens is 617 g/mol. The minimum atomic E-state index is -1.15. The van der Waals surface area contributed by atoms with Gasteiger partial charge in [0.1, 0.15) is 6.33 Å². The van der Waals surface area contributed by atoms with E-state index in [-0.39, 0.29) is 11.1 Å². The van der Waals surface area contributed by atoms with Crippen LogP contribution in [0.25, 0.3) is 22.9 Å². The Morgan fingerprint density at radius 2 is 1.87 bits per heavy atom. The largest absolute Gasteiger partial charge is 0.465 e. The summed E-state index contributed by atoms with van der Waals surface area (Å²) in [5.74, 6) is 0.883. The van der Waals surface area contributed by atoms with Gasteiger partial charge in [0.05, 0.1) is 17.4 Å². The molecule has 1 saturated heterocycles. The number of carboxylic acid groups (broad SMARTS) is 1.